The number of benzene rings is 1. The Hall–Kier alpha value is -1.75. The van der Waals surface area contributed by atoms with Gasteiger partial charge in [-0.25, -0.2) is 9.37 Å². The fourth-order valence-corrected chi connectivity index (χ4v) is 1.90. The van der Waals surface area contributed by atoms with Crippen molar-refractivity contribution in [3.8, 4) is 0 Å². The smallest absolute Gasteiger partial charge is 0.153 e. The molecule has 2 N–H and O–H groups in total. The van der Waals surface area contributed by atoms with Crippen LogP contribution in [0.15, 0.2) is 24.5 Å². The Morgan fingerprint density at radius 3 is 3.00 bits per heavy atom. The molecule has 0 bridgehead atoms. The van der Waals surface area contributed by atoms with Gasteiger partial charge in [0.25, 0.3) is 0 Å². The fraction of sp³-hybridized carbons (Fsp3) is 0. The van der Waals surface area contributed by atoms with Crippen molar-refractivity contribution in [2.45, 2.75) is 0 Å². The quantitative estimate of drug-likeness (QED) is 0.571. The lowest BCUT2D eigenvalue weighted by molar-refractivity contribution is 0.630. The van der Waals surface area contributed by atoms with E-state index in [1.165, 1.54) is 18.5 Å². The van der Waals surface area contributed by atoms with E-state index in [9.17, 15) is 4.39 Å². The molecule has 0 spiro atoms. The van der Waals surface area contributed by atoms with Crippen molar-refractivity contribution in [2.24, 2.45) is 0 Å². The summed E-state index contributed by atoms with van der Waals surface area (Å²) < 4.78 is 13.6. The number of fused-ring (bicyclic) bond motifs is 3. The fourth-order valence-electron chi connectivity index (χ4n) is 1.69. The second-order valence-corrected chi connectivity index (χ2v) is 3.66. The summed E-state index contributed by atoms with van der Waals surface area (Å²) in [4.78, 5) is 10.0. The highest BCUT2D eigenvalue weighted by Gasteiger charge is 2.06. The van der Waals surface area contributed by atoms with Crippen LogP contribution in [0.3, 0.4) is 0 Å². The van der Waals surface area contributed by atoms with Gasteiger partial charge >= 0.3 is 0 Å². The minimum absolute atomic E-state index is 0.264. The van der Waals surface area contributed by atoms with Crippen molar-refractivity contribution in [1.82, 2.24) is 15.0 Å². The van der Waals surface area contributed by atoms with Crippen LogP contribution in [0.25, 0.3) is 21.9 Å². The summed E-state index contributed by atoms with van der Waals surface area (Å²) in [6.45, 7) is 0. The van der Waals surface area contributed by atoms with E-state index in [0.717, 1.165) is 21.9 Å². The molecule has 2 heterocycles. The molecular weight excluding hydrogens is 213 g/mol. The number of halogens is 1. The summed E-state index contributed by atoms with van der Waals surface area (Å²) in [6.07, 6.45) is 1.52. The lowest BCUT2D eigenvalue weighted by Gasteiger charge is -1.90. The zero-order valence-corrected chi connectivity index (χ0v) is 8.36. The van der Waals surface area contributed by atoms with E-state index in [1.54, 1.807) is 6.07 Å². The van der Waals surface area contributed by atoms with Gasteiger partial charge < -0.3 is 9.97 Å². The number of aromatic amines is 2. The highest BCUT2D eigenvalue weighted by molar-refractivity contribution is 7.71. The molecule has 5 heteroatoms. The lowest BCUT2D eigenvalue weighted by atomic mass is 10.2. The van der Waals surface area contributed by atoms with Gasteiger partial charge in [0, 0.05) is 10.9 Å². The molecule has 0 atom stereocenters. The van der Waals surface area contributed by atoms with Crippen LogP contribution >= 0.6 is 12.2 Å². The zero-order valence-electron chi connectivity index (χ0n) is 7.54. The summed E-state index contributed by atoms with van der Waals surface area (Å²) in [5, 5.41) is 0.790. The minimum atomic E-state index is -0.264. The highest BCUT2D eigenvalue weighted by Crippen LogP contribution is 2.23. The molecule has 3 aromatic rings. The molecule has 15 heavy (non-hydrogen) atoms. The third-order valence-electron chi connectivity index (χ3n) is 2.37. The summed E-state index contributed by atoms with van der Waals surface area (Å²) in [7, 11) is 0. The van der Waals surface area contributed by atoms with Gasteiger partial charge in [-0.3, -0.25) is 0 Å². The van der Waals surface area contributed by atoms with E-state index in [-0.39, 0.29) is 5.82 Å². The number of hydrogen-bond donors (Lipinski definition) is 2. The highest BCUT2D eigenvalue weighted by atomic mass is 32.1. The SMILES string of the molecule is Fc1ccc2[nH]c3c(=S)nc[nH]c3c2c1. The van der Waals surface area contributed by atoms with Gasteiger partial charge in [-0.15, -0.1) is 0 Å². The normalized spacial score (nSPS) is 11.3. The molecule has 0 aliphatic carbocycles. The molecular formula is C10H6FN3S. The Kier molecular flexibility index (Phi) is 1.63. The van der Waals surface area contributed by atoms with Gasteiger partial charge in [-0.1, -0.05) is 12.2 Å². The molecule has 0 saturated carbocycles. The van der Waals surface area contributed by atoms with Gasteiger partial charge in [0.05, 0.1) is 11.8 Å². The number of H-pyrrole nitrogens is 2. The van der Waals surface area contributed by atoms with E-state index in [2.05, 4.69) is 15.0 Å². The molecule has 0 radical (unpaired) electrons. The monoisotopic (exact) mass is 219 g/mol. The average Bonchev–Trinajstić information content (AvgIpc) is 2.58. The minimum Gasteiger partial charge on any atom is -0.351 e. The maximum absolute atomic E-state index is 13.1. The summed E-state index contributed by atoms with van der Waals surface area (Å²) >= 11 is 5.07. The van der Waals surface area contributed by atoms with Crippen LogP contribution in [0.1, 0.15) is 0 Å². The van der Waals surface area contributed by atoms with Crippen LogP contribution in [-0.4, -0.2) is 15.0 Å². The van der Waals surface area contributed by atoms with E-state index in [4.69, 9.17) is 12.2 Å². The van der Waals surface area contributed by atoms with Gasteiger partial charge in [0.1, 0.15) is 11.3 Å². The predicted molar refractivity (Wildman–Crippen MR) is 58.7 cm³/mol. The number of nitrogens with one attached hydrogen (secondary N) is 2. The number of rotatable bonds is 0. The zero-order chi connectivity index (χ0) is 10.4. The Bertz CT molecular complexity index is 713. The third kappa shape index (κ3) is 1.16. The van der Waals surface area contributed by atoms with Crippen molar-refractivity contribution in [2.75, 3.05) is 0 Å². The second-order valence-electron chi connectivity index (χ2n) is 3.27. The van der Waals surface area contributed by atoms with Crippen molar-refractivity contribution < 1.29 is 4.39 Å². The topological polar surface area (TPSA) is 44.5 Å². The first-order valence-electron chi connectivity index (χ1n) is 4.40. The van der Waals surface area contributed by atoms with Crippen LogP contribution in [0, 0.1) is 10.5 Å². The van der Waals surface area contributed by atoms with Crippen LogP contribution < -0.4 is 0 Å². The van der Waals surface area contributed by atoms with E-state index in [0.29, 0.717) is 4.64 Å². The molecule has 0 aliphatic rings. The van der Waals surface area contributed by atoms with Gasteiger partial charge in [0.15, 0.2) is 4.64 Å². The first kappa shape index (κ1) is 8.55. The van der Waals surface area contributed by atoms with Crippen molar-refractivity contribution in [1.29, 1.82) is 0 Å². The van der Waals surface area contributed by atoms with Gasteiger partial charge in [-0.05, 0) is 18.2 Å². The first-order chi connectivity index (χ1) is 7.25. The van der Waals surface area contributed by atoms with E-state index < -0.39 is 0 Å². The van der Waals surface area contributed by atoms with Crippen LogP contribution in [-0.2, 0) is 0 Å². The summed E-state index contributed by atoms with van der Waals surface area (Å²) in [6, 6.07) is 4.57. The Morgan fingerprint density at radius 1 is 1.27 bits per heavy atom. The van der Waals surface area contributed by atoms with Gasteiger partial charge in [-0.2, -0.15) is 0 Å². The molecule has 74 valence electrons. The molecule has 2 aromatic heterocycles. The van der Waals surface area contributed by atoms with Crippen molar-refractivity contribution >= 4 is 34.2 Å². The lowest BCUT2D eigenvalue weighted by Crippen LogP contribution is -1.79. The Labute approximate surface area is 89.0 Å². The van der Waals surface area contributed by atoms with Crippen LogP contribution in [0.2, 0.25) is 0 Å². The maximum Gasteiger partial charge on any atom is 0.153 e. The molecule has 0 amide bonds. The van der Waals surface area contributed by atoms with Crippen molar-refractivity contribution in [3.63, 3.8) is 0 Å². The second kappa shape index (κ2) is 2.87. The van der Waals surface area contributed by atoms with Crippen LogP contribution in [0.5, 0.6) is 0 Å². The Morgan fingerprint density at radius 2 is 2.13 bits per heavy atom. The number of nitrogens with zero attached hydrogens (tertiary/aromatic N) is 1. The Balaban J connectivity index is 2.64. The number of aromatic nitrogens is 3. The molecule has 3 nitrogen and oxygen atoms in total. The number of hydrogen-bond acceptors (Lipinski definition) is 2. The molecule has 0 aliphatic heterocycles. The third-order valence-corrected chi connectivity index (χ3v) is 2.67. The summed E-state index contributed by atoms with van der Waals surface area (Å²) in [5.41, 5.74) is 2.39. The molecule has 1 aromatic carbocycles. The summed E-state index contributed by atoms with van der Waals surface area (Å²) in [5.74, 6) is -0.264. The molecule has 3 rings (SSSR count). The van der Waals surface area contributed by atoms with E-state index in [1.807, 2.05) is 0 Å². The van der Waals surface area contributed by atoms with Gasteiger partial charge in [0.2, 0.25) is 0 Å². The molecule has 0 unspecified atom stereocenters. The molecule has 0 saturated heterocycles. The maximum atomic E-state index is 13.1. The molecule has 0 fully saturated rings. The standard InChI is InChI=1S/C10H6FN3S/c11-5-1-2-7-6(3-5)8-9(14-7)10(15)13-4-12-8/h1-4,14H,(H,12,13,15). The van der Waals surface area contributed by atoms with Crippen LogP contribution in [0.4, 0.5) is 4.39 Å². The first-order valence-corrected chi connectivity index (χ1v) is 4.81. The average molecular weight is 219 g/mol. The largest absolute Gasteiger partial charge is 0.351 e. The predicted octanol–water partition coefficient (Wildman–Crippen LogP) is 2.91. The van der Waals surface area contributed by atoms with Crippen molar-refractivity contribution in [3.05, 3.63) is 35.0 Å². The van der Waals surface area contributed by atoms with E-state index >= 15 is 0 Å².